The molecule has 2 aliphatic rings. The van der Waals surface area contributed by atoms with Crippen molar-refractivity contribution in [2.24, 2.45) is 0 Å². The number of benzene rings is 2. The van der Waals surface area contributed by atoms with E-state index in [0.29, 0.717) is 40.7 Å². The summed E-state index contributed by atoms with van der Waals surface area (Å²) in [5, 5.41) is 0.524. The first-order chi connectivity index (χ1) is 14.9. The molecule has 2 aromatic rings. The second-order valence-electron chi connectivity index (χ2n) is 7.90. The number of carbonyl (C=O) groups is 2. The van der Waals surface area contributed by atoms with E-state index in [1.54, 1.807) is 25.3 Å². The van der Waals surface area contributed by atoms with Gasteiger partial charge in [-0.25, -0.2) is 0 Å². The van der Waals surface area contributed by atoms with E-state index in [0.717, 1.165) is 5.56 Å². The van der Waals surface area contributed by atoms with Gasteiger partial charge in [0.2, 0.25) is 0 Å². The lowest BCUT2D eigenvalue weighted by Gasteiger charge is -2.37. The maximum atomic E-state index is 13.5. The summed E-state index contributed by atoms with van der Waals surface area (Å²) >= 11 is 6.30. The summed E-state index contributed by atoms with van der Waals surface area (Å²) in [5.74, 6) is 0.0538. The lowest BCUT2D eigenvalue weighted by Crippen LogP contribution is -2.46. The highest BCUT2D eigenvalue weighted by atomic mass is 35.5. The Kier molecular flexibility index (Phi) is 6.03. The number of ether oxygens (including phenoxy) is 2. The highest BCUT2D eigenvalue weighted by Crippen LogP contribution is 2.35. The Morgan fingerprint density at radius 3 is 2.26 bits per heavy atom. The molecule has 0 aromatic heterocycles. The largest absolute Gasteiger partial charge is 0.497 e. The number of methoxy groups -OCH3 is 1. The maximum Gasteiger partial charge on any atom is 0.278 e. The summed E-state index contributed by atoms with van der Waals surface area (Å²) in [6.45, 7) is 5.14. The van der Waals surface area contributed by atoms with Crippen LogP contribution in [0.1, 0.15) is 25.0 Å². The van der Waals surface area contributed by atoms with Crippen LogP contribution in [0.4, 0.5) is 0 Å². The predicted octanol–water partition coefficient (Wildman–Crippen LogP) is 3.74. The molecule has 2 aliphatic heterocycles. The molecule has 2 unspecified atom stereocenters. The molecule has 1 saturated heterocycles. The van der Waals surface area contributed by atoms with E-state index in [2.05, 4.69) is 0 Å². The van der Waals surface area contributed by atoms with Gasteiger partial charge in [0.25, 0.3) is 11.8 Å². The number of hydrogen-bond acceptors (Lipinski definition) is 5. The second kappa shape index (κ2) is 8.73. The normalized spacial score (nSPS) is 21.8. The molecule has 6 nitrogen and oxygen atoms in total. The summed E-state index contributed by atoms with van der Waals surface area (Å²) in [6, 6.07) is 14.5. The highest BCUT2D eigenvalue weighted by molar-refractivity contribution is 6.35. The molecular formula is C24H25ClN2O4. The topological polar surface area (TPSA) is 59.1 Å². The Morgan fingerprint density at radius 2 is 1.65 bits per heavy atom. The van der Waals surface area contributed by atoms with Gasteiger partial charge in [0.05, 0.1) is 31.4 Å². The van der Waals surface area contributed by atoms with Crippen molar-refractivity contribution in [3.63, 3.8) is 0 Å². The van der Waals surface area contributed by atoms with E-state index in [-0.39, 0.29) is 30.6 Å². The van der Waals surface area contributed by atoms with Gasteiger partial charge in [-0.2, -0.15) is 0 Å². The van der Waals surface area contributed by atoms with E-state index >= 15 is 0 Å². The Labute approximate surface area is 187 Å². The fraction of sp³-hybridized carbons (Fsp3) is 0.333. The first-order valence-electron chi connectivity index (χ1n) is 10.3. The molecule has 0 N–H and O–H groups in total. The third-order valence-corrected chi connectivity index (χ3v) is 5.91. The molecule has 2 aromatic carbocycles. The predicted molar refractivity (Wildman–Crippen MR) is 119 cm³/mol. The zero-order valence-electron chi connectivity index (χ0n) is 17.8. The zero-order chi connectivity index (χ0) is 22.1. The van der Waals surface area contributed by atoms with Crippen molar-refractivity contribution in [2.75, 3.05) is 20.2 Å². The lowest BCUT2D eigenvalue weighted by molar-refractivity contribution is -0.139. The number of halogens is 1. The van der Waals surface area contributed by atoms with Gasteiger partial charge in [-0.05, 0) is 43.2 Å². The van der Waals surface area contributed by atoms with Crippen molar-refractivity contribution in [2.45, 2.75) is 32.6 Å². The molecule has 4 rings (SSSR count). The lowest BCUT2D eigenvalue weighted by atomic mass is 10.0. The Hall–Kier alpha value is -2.83. The van der Waals surface area contributed by atoms with E-state index in [4.69, 9.17) is 21.1 Å². The van der Waals surface area contributed by atoms with E-state index in [9.17, 15) is 9.59 Å². The van der Waals surface area contributed by atoms with Gasteiger partial charge < -0.3 is 14.4 Å². The maximum absolute atomic E-state index is 13.5. The summed E-state index contributed by atoms with van der Waals surface area (Å²) in [5.41, 5.74) is 2.23. The van der Waals surface area contributed by atoms with Crippen LogP contribution in [0.2, 0.25) is 5.02 Å². The molecule has 162 valence electrons. The summed E-state index contributed by atoms with van der Waals surface area (Å²) in [6.07, 6.45) is -0.0947. The van der Waals surface area contributed by atoms with Crippen LogP contribution in [0, 0.1) is 0 Å². The molecular weight excluding hydrogens is 416 g/mol. The monoisotopic (exact) mass is 440 g/mol. The smallest absolute Gasteiger partial charge is 0.278 e. The highest BCUT2D eigenvalue weighted by Gasteiger charge is 2.43. The molecule has 0 radical (unpaired) electrons. The summed E-state index contributed by atoms with van der Waals surface area (Å²) in [7, 11) is 1.59. The van der Waals surface area contributed by atoms with Gasteiger partial charge >= 0.3 is 0 Å². The van der Waals surface area contributed by atoms with E-state index < -0.39 is 0 Å². The van der Waals surface area contributed by atoms with Gasteiger partial charge in [-0.3, -0.25) is 14.5 Å². The van der Waals surface area contributed by atoms with Gasteiger partial charge in [0.15, 0.2) is 0 Å². The third kappa shape index (κ3) is 4.18. The van der Waals surface area contributed by atoms with Crippen LogP contribution in [0.25, 0.3) is 5.57 Å². The van der Waals surface area contributed by atoms with Gasteiger partial charge in [0, 0.05) is 18.1 Å². The number of morpholine rings is 1. The summed E-state index contributed by atoms with van der Waals surface area (Å²) < 4.78 is 11.1. The van der Waals surface area contributed by atoms with Crippen LogP contribution >= 0.6 is 11.6 Å². The molecule has 2 heterocycles. The first-order valence-corrected chi connectivity index (χ1v) is 10.7. The number of amides is 2. The van der Waals surface area contributed by atoms with Crippen LogP contribution in [-0.2, 0) is 20.9 Å². The molecule has 7 heteroatoms. The molecule has 1 fully saturated rings. The Morgan fingerprint density at radius 1 is 1.00 bits per heavy atom. The second-order valence-corrected chi connectivity index (χ2v) is 8.31. The van der Waals surface area contributed by atoms with Crippen molar-refractivity contribution < 1.29 is 19.1 Å². The molecule has 2 amide bonds. The number of carbonyl (C=O) groups excluding carboxylic acids is 2. The minimum atomic E-state index is -0.322. The first kappa shape index (κ1) is 21.4. The fourth-order valence-electron chi connectivity index (χ4n) is 4.18. The van der Waals surface area contributed by atoms with Crippen LogP contribution in [0.15, 0.2) is 54.2 Å². The number of rotatable bonds is 5. The van der Waals surface area contributed by atoms with Crippen LogP contribution in [0.5, 0.6) is 5.75 Å². The van der Waals surface area contributed by atoms with Crippen molar-refractivity contribution in [3.8, 4) is 5.75 Å². The van der Waals surface area contributed by atoms with E-state index in [1.165, 1.54) is 4.90 Å². The molecule has 31 heavy (non-hydrogen) atoms. The average Bonchev–Trinajstić information content (AvgIpc) is 2.99. The van der Waals surface area contributed by atoms with Crippen LogP contribution < -0.4 is 4.74 Å². The van der Waals surface area contributed by atoms with Crippen molar-refractivity contribution in [1.82, 2.24) is 9.80 Å². The molecule has 0 bridgehead atoms. The molecule has 0 saturated carbocycles. The Balaban J connectivity index is 1.76. The average molecular weight is 441 g/mol. The fourth-order valence-corrected chi connectivity index (χ4v) is 4.37. The summed E-state index contributed by atoms with van der Waals surface area (Å²) in [4.78, 5) is 30.3. The SMILES string of the molecule is COc1ccc(C2=C(N3CC(C)OC(C)C3)C(=O)N(Cc3ccccc3Cl)C2=O)cc1. The van der Waals surface area contributed by atoms with Gasteiger partial charge in [-0.1, -0.05) is 41.9 Å². The minimum absolute atomic E-state index is 0.0473. The quantitative estimate of drug-likeness (QED) is 0.663. The van der Waals surface area contributed by atoms with Crippen molar-refractivity contribution in [3.05, 3.63) is 70.4 Å². The standard InChI is InChI=1S/C24H25ClN2O4/c1-15-12-26(13-16(2)31-15)22-21(17-8-10-19(30-3)11-9-17)23(28)27(24(22)29)14-18-6-4-5-7-20(18)25/h4-11,15-16H,12-14H2,1-3H3. The Bertz CT molecular complexity index is 1020. The van der Waals surface area contributed by atoms with Gasteiger partial charge in [-0.15, -0.1) is 0 Å². The van der Waals surface area contributed by atoms with E-state index in [1.807, 2.05) is 49.1 Å². The number of hydrogen-bond donors (Lipinski definition) is 0. The number of nitrogens with zero attached hydrogens (tertiary/aromatic N) is 2. The zero-order valence-corrected chi connectivity index (χ0v) is 18.6. The van der Waals surface area contributed by atoms with Crippen molar-refractivity contribution in [1.29, 1.82) is 0 Å². The van der Waals surface area contributed by atoms with Gasteiger partial charge in [0.1, 0.15) is 11.4 Å². The molecule has 2 atom stereocenters. The minimum Gasteiger partial charge on any atom is -0.497 e. The third-order valence-electron chi connectivity index (χ3n) is 5.54. The van der Waals surface area contributed by atoms with Crippen LogP contribution in [0.3, 0.4) is 0 Å². The molecule has 0 spiro atoms. The number of imide groups is 1. The van der Waals surface area contributed by atoms with Crippen LogP contribution in [-0.4, -0.2) is 54.0 Å². The molecule has 0 aliphatic carbocycles. The van der Waals surface area contributed by atoms with Crippen molar-refractivity contribution >= 4 is 29.0 Å².